The number of hydrogen-bond donors (Lipinski definition) is 1. The molecule has 3 rings (SSSR count). The second kappa shape index (κ2) is 8.07. The molecule has 0 aromatic heterocycles. The average Bonchev–Trinajstić information content (AvgIpc) is 2.72. The van der Waals surface area contributed by atoms with E-state index in [2.05, 4.69) is 0 Å². The molecule has 0 aliphatic heterocycles. The van der Waals surface area contributed by atoms with Crippen molar-refractivity contribution < 1.29 is 14.6 Å². The quantitative estimate of drug-likeness (QED) is 0.659. The lowest BCUT2D eigenvalue weighted by Crippen LogP contribution is -2.26. The SMILES string of the molecule is CCC(O)(c1ccc(OCc2ccccc2)cc1)c1ccccc1OC. The van der Waals surface area contributed by atoms with Crippen molar-refractivity contribution >= 4 is 0 Å². The Balaban J connectivity index is 1.81. The van der Waals surface area contributed by atoms with E-state index >= 15 is 0 Å². The monoisotopic (exact) mass is 348 g/mol. The summed E-state index contributed by atoms with van der Waals surface area (Å²) in [5.41, 5.74) is 1.60. The Morgan fingerprint density at radius 2 is 1.50 bits per heavy atom. The van der Waals surface area contributed by atoms with Gasteiger partial charge in [-0.2, -0.15) is 0 Å². The van der Waals surface area contributed by atoms with Crippen molar-refractivity contribution in [3.63, 3.8) is 0 Å². The van der Waals surface area contributed by atoms with Crippen LogP contribution in [0.3, 0.4) is 0 Å². The summed E-state index contributed by atoms with van der Waals surface area (Å²) in [5.74, 6) is 1.46. The average molecular weight is 348 g/mol. The molecule has 0 spiro atoms. The topological polar surface area (TPSA) is 38.7 Å². The van der Waals surface area contributed by atoms with Crippen LogP contribution in [0.15, 0.2) is 78.9 Å². The van der Waals surface area contributed by atoms with Crippen LogP contribution in [0.4, 0.5) is 0 Å². The maximum atomic E-state index is 11.4. The smallest absolute Gasteiger partial charge is 0.125 e. The molecule has 0 aliphatic rings. The third-order valence-electron chi connectivity index (χ3n) is 4.64. The van der Waals surface area contributed by atoms with E-state index in [0.29, 0.717) is 18.8 Å². The Morgan fingerprint density at radius 1 is 0.846 bits per heavy atom. The van der Waals surface area contributed by atoms with Crippen molar-refractivity contribution in [2.24, 2.45) is 0 Å². The lowest BCUT2D eigenvalue weighted by molar-refractivity contribution is 0.0736. The van der Waals surface area contributed by atoms with E-state index in [1.165, 1.54) is 0 Å². The van der Waals surface area contributed by atoms with Gasteiger partial charge in [0, 0.05) is 5.56 Å². The molecule has 134 valence electrons. The van der Waals surface area contributed by atoms with Gasteiger partial charge >= 0.3 is 0 Å². The predicted octanol–water partition coefficient (Wildman–Crippen LogP) is 4.92. The second-order valence-electron chi connectivity index (χ2n) is 6.21. The van der Waals surface area contributed by atoms with Gasteiger partial charge in [0.15, 0.2) is 0 Å². The first kappa shape index (κ1) is 18.0. The van der Waals surface area contributed by atoms with Crippen LogP contribution in [0, 0.1) is 0 Å². The van der Waals surface area contributed by atoms with E-state index in [1.807, 2.05) is 85.8 Å². The maximum absolute atomic E-state index is 11.4. The van der Waals surface area contributed by atoms with Crippen molar-refractivity contribution in [2.45, 2.75) is 25.6 Å². The molecule has 3 aromatic rings. The van der Waals surface area contributed by atoms with Crippen LogP contribution in [-0.4, -0.2) is 12.2 Å². The van der Waals surface area contributed by atoms with Crippen molar-refractivity contribution in [3.8, 4) is 11.5 Å². The van der Waals surface area contributed by atoms with E-state index in [1.54, 1.807) is 7.11 Å². The van der Waals surface area contributed by atoms with Gasteiger partial charge in [-0.25, -0.2) is 0 Å². The van der Waals surface area contributed by atoms with Crippen LogP contribution in [-0.2, 0) is 12.2 Å². The highest BCUT2D eigenvalue weighted by Gasteiger charge is 2.32. The standard InChI is InChI=1S/C23H24O3/c1-3-23(24,21-11-7-8-12-22(21)25-2)19-13-15-20(16-14-19)26-17-18-9-5-4-6-10-18/h4-16,24H,3,17H2,1-2H3. The molecule has 0 heterocycles. The van der Waals surface area contributed by atoms with Crippen LogP contribution in [0.2, 0.25) is 0 Å². The highest BCUT2D eigenvalue weighted by molar-refractivity contribution is 5.45. The minimum absolute atomic E-state index is 0.519. The Kier molecular flexibility index (Phi) is 5.59. The van der Waals surface area contributed by atoms with E-state index in [0.717, 1.165) is 22.4 Å². The number of benzene rings is 3. The van der Waals surface area contributed by atoms with E-state index in [-0.39, 0.29) is 0 Å². The lowest BCUT2D eigenvalue weighted by Gasteiger charge is -2.29. The van der Waals surface area contributed by atoms with Crippen molar-refractivity contribution in [1.82, 2.24) is 0 Å². The molecule has 0 aliphatic carbocycles. The van der Waals surface area contributed by atoms with Crippen molar-refractivity contribution in [2.75, 3.05) is 7.11 Å². The molecule has 3 aromatic carbocycles. The fourth-order valence-corrected chi connectivity index (χ4v) is 3.10. The fraction of sp³-hybridized carbons (Fsp3) is 0.217. The van der Waals surface area contributed by atoms with Gasteiger partial charge in [0.2, 0.25) is 0 Å². The predicted molar refractivity (Wildman–Crippen MR) is 103 cm³/mol. The Bertz CT molecular complexity index is 828. The van der Waals surface area contributed by atoms with Gasteiger partial charge in [0.05, 0.1) is 7.11 Å². The van der Waals surface area contributed by atoms with E-state index < -0.39 is 5.60 Å². The van der Waals surface area contributed by atoms with Crippen molar-refractivity contribution in [1.29, 1.82) is 0 Å². The van der Waals surface area contributed by atoms with Gasteiger partial charge < -0.3 is 14.6 Å². The van der Waals surface area contributed by atoms with Crippen LogP contribution < -0.4 is 9.47 Å². The largest absolute Gasteiger partial charge is 0.496 e. The summed E-state index contributed by atoms with van der Waals surface area (Å²) in [6, 6.07) is 25.3. The molecular formula is C23H24O3. The molecule has 1 unspecified atom stereocenters. The molecule has 0 saturated carbocycles. The molecule has 3 nitrogen and oxygen atoms in total. The summed E-state index contributed by atoms with van der Waals surface area (Å²) in [6.45, 7) is 2.48. The molecule has 0 radical (unpaired) electrons. The van der Waals surface area contributed by atoms with Crippen LogP contribution in [0.1, 0.15) is 30.0 Å². The molecule has 0 saturated heterocycles. The maximum Gasteiger partial charge on any atom is 0.125 e. The highest BCUT2D eigenvalue weighted by Crippen LogP contribution is 2.38. The van der Waals surface area contributed by atoms with Crippen LogP contribution in [0.5, 0.6) is 11.5 Å². The molecular weight excluding hydrogens is 324 g/mol. The summed E-state index contributed by atoms with van der Waals surface area (Å²) < 4.78 is 11.3. The zero-order valence-corrected chi connectivity index (χ0v) is 15.2. The summed E-state index contributed by atoms with van der Waals surface area (Å²) in [7, 11) is 1.62. The number of methoxy groups -OCH3 is 1. The summed E-state index contributed by atoms with van der Waals surface area (Å²) >= 11 is 0. The van der Waals surface area contributed by atoms with Crippen LogP contribution in [0.25, 0.3) is 0 Å². The normalized spacial score (nSPS) is 13.0. The zero-order valence-electron chi connectivity index (χ0n) is 15.2. The van der Waals surface area contributed by atoms with Gasteiger partial charge in [-0.05, 0) is 35.7 Å². The number of para-hydroxylation sites is 1. The molecule has 0 amide bonds. The molecule has 1 atom stereocenters. The van der Waals surface area contributed by atoms with Gasteiger partial charge in [0.25, 0.3) is 0 Å². The van der Waals surface area contributed by atoms with Gasteiger partial charge in [-0.15, -0.1) is 0 Å². The highest BCUT2D eigenvalue weighted by atomic mass is 16.5. The fourth-order valence-electron chi connectivity index (χ4n) is 3.10. The number of hydrogen-bond acceptors (Lipinski definition) is 3. The Morgan fingerprint density at radius 3 is 2.15 bits per heavy atom. The summed E-state index contributed by atoms with van der Waals surface area (Å²) in [5, 5.41) is 11.4. The van der Waals surface area contributed by atoms with Gasteiger partial charge in [0.1, 0.15) is 23.7 Å². The third-order valence-corrected chi connectivity index (χ3v) is 4.64. The Hall–Kier alpha value is -2.78. The first-order valence-corrected chi connectivity index (χ1v) is 8.80. The number of rotatable bonds is 7. The minimum Gasteiger partial charge on any atom is -0.496 e. The number of ether oxygens (including phenoxy) is 2. The van der Waals surface area contributed by atoms with Crippen molar-refractivity contribution in [3.05, 3.63) is 95.6 Å². The Labute approximate surface area is 154 Å². The van der Waals surface area contributed by atoms with E-state index in [9.17, 15) is 5.11 Å². The second-order valence-corrected chi connectivity index (χ2v) is 6.21. The summed E-state index contributed by atoms with van der Waals surface area (Å²) in [6.07, 6.45) is 0.539. The van der Waals surface area contributed by atoms with E-state index in [4.69, 9.17) is 9.47 Å². The molecule has 26 heavy (non-hydrogen) atoms. The first-order chi connectivity index (χ1) is 12.7. The van der Waals surface area contributed by atoms with Gasteiger partial charge in [-0.1, -0.05) is 67.6 Å². The zero-order chi connectivity index (χ0) is 18.4. The molecule has 0 bridgehead atoms. The number of aliphatic hydroxyl groups is 1. The van der Waals surface area contributed by atoms with Crippen LogP contribution >= 0.6 is 0 Å². The molecule has 1 N–H and O–H groups in total. The lowest BCUT2D eigenvalue weighted by atomic mass is 9.83. The first-order valence-electron chi connectivity index (χ1n) is 8.80. The minimum atomic E-state index is -1.11. The van der Waals surface area contributed by atoms with Gasteiger partial charge in [-0.3, -0.25) is 0 Å². The summed E-state index contributed by atoms with van der Waals surface area (Å²) in [4.78, 5) is 0. The third kappa shape index (κ3) is 3.73. The molecule has 0 fully saturated rings. The molecule has 3 heteroatoms.